The fourth-order valence-corrected chi connectivity index (χ4v) is 1.29. The molecule has 1 atom stereocenters. The number of likely N-dealkylation sites (tertiary alicyclic amines) is 1. The molecule has 0 aliphatic carbocycles. The second-order valence-electron chi connectivity index (χ2n) is 2.81. The summed E-state index contributed by atoms with van der Waals surface area (Å²) in [6, 6.07) is -0.517. The molecule has 0 radical (unpaired) electrons. The van der Waals surface area contributed by atoms with Crippen LogP contribution in [0.5, 0.6) is 0 Å². The molecular formula is C7H9NO4. The fraction of sp³-hybridized carbons (Fsp3) is 0.571. The molecule has 5 heteroatoms. The van der Waals surface area contributed by atoms with Crippen molar-refractivity contribution in [2.45, 2.75) is 25.8 Å². The summed E-state index contributed by atoms with van der Waals surface area (Å²) in [5.41, 5.74) is 0. The van der Waals surface area contributed by atoms with Gasteiger partial charge in [0.05, 0.1) is 6.42 Å². The number of piperidine rings is 1. The Balaban J connectivity index is 2.80. The average Bonchev–Trinajstić information content (AvgIpc) is 1.82. The maximum atomic E-state index is 11.0. The van der Waals surface area contributed by atoms with Crippen molar-refractivity contribution in [3.63, 3.8) is 0 Å². The predicted octanol–water partition coefficient (Wildman–Crippen LogP) is 0.244. The van der Waals surface area contributed by atoms with E-state index in [2.05, 4.69) is 0 Å². The molecule has 0 aromatic rings. The number of rotatable bonds is 0. The number of imide groups is 1. The summed E-state index contributed by atoms with van der Waals surface area (Å²) in [7, 11) is 0. The van der Waals surface area contributed by atoms with Crippen LogP contribution >= 0.6 is 0 Å². The number of nitrogens with zero attached hydrogens (tertiary/aromatic N) is 1. The number of ketones is 1. The Bertz CT molecular complexity index is 248. The molecule has 1 heterocycles. The number of hydrogen-bond donors (Lipinski definition) is 1. The quantitative estimate of drug-likeness (QED) is 0.530. The molecule has 12 heavy (non-hydrogen) atoms. The summed E-state index contributed by atoms with van der Waals surface area (Å²) < 4.78 is 0. The first kappa shape index (κ1) is 8.70. The molecule has 0 saturated carbocycles. The van der Waals surface area contributed by atoms with Crippen LogP contribution in [-0.2, 0) is 9.59 Å². The molecule has 1 unspecified atom stereocenters. The van der Waals surface area contributed by atoms with E-state index < -0.39 is 18.0 Å². The minimum Gasteiger partial charge on any atom is -0.465 e. The Kier molecular flexibility index (Phi) is 2.12. The molecule has 1 saturated heterocycles. The summed E-state index contributed by atoms with van der Waals surface area (Å²) in [5, 5.41) is 8.56. The van der Waals surface area contributed by atoms with E-state index in [9.17, 15) is 14.4 Å². The summed E-state index contributed by atoms with van der Waals surface area (Å²) in [6.45, 7) is 1.54. The van der Waals surface area contributed by atoms with E-state index in [1.807, 2.05) is 0 Å². The van der Waals surface area contributed by atoms with Crippen LogP contribution in [0, 0.1) is 0 Å². The van der Waals surface area contributed by atoms with Crippen LogP contribution in [0.1, 0.15) is 19.8 Å². The average molecular weight is 171 g/mol. The maximum absolute atomic E-state index is 11.0. The van der Waals surface area contributed by atoms with Gasteiger partial charge >= 0.3 is 6.09 Å². The fourth-order valence-electron chi connectivity index (χ4n) is 1.29. The van der Waals surface area contributed by atoms with Crippen molar-refractivity contribution in [2.75, 3.05) is 0 Å². The zero-order valence-corrected chi connectivity index (χ0v) is 6.61. The summed E-state index contributed by atoms with van der Waals surface area (Å²) in [6.07, 6.45) is -1.42. The Morgan fingerprint density at radius 3 is 2.58 bits per heavy atom. The maximum Gasteiger partial charge on any atom is 0.414 e. The van der Waals surface area contributed by atoms with E-state index in [0.717, 1.165) is 0 Å². The van der Waals surface area contributed by atoms with Gasteiger partial charge in [0.15, 0.2) is 0 Å². The number of Topliss-reactive ketones (excluding diaryl/α,β-unsaturated/α-hetero) is 1. The third-order valence-corrected chi connectivity index (χ3v) is 1.79. The Morgan fingerprint density at radius 2 is 2.17 bits per heavy atom. The molecule has 0 aromatic carbocycles. The van der Waals surface area contributed by atoms with Crippen LogP contribution in [0.3, 0.4) is 0 Å². The third-order valence-electron chi connectivity index (χ3n) is 1.79. The highest BCUT2D eigenvalue weighted by molar-refractivity contribution is 6.05. The van der Waals surface area contributed by atoms with Crippen molar-refractivity contribution >= 4 is 17.8 Å². The smallest absolute Gasteiger partial charge is 0.414 e. The van der Waals surface area contributed by atoms with Crippen LogP contribution in [0.4, 0.5) is 4.79 Å². The molecule has 1 fully saturated rings. The molecule has 1 rings (SSSR count). The van der Waals surface area contributed by atoms with Gasteiger partial charge in [-0.05, 0) is 6.92 Å². The highest BCUT2D eigenvalue weighted by Gasteiger charge is 2.33. The van der Waals surface area contributed by atoms with Crippen LogP contribution in [-0.4, -0.2) is 33.8 Å². The topological polar surface area (TPSA) is 74.7 Å². The van der Waals surface area contributed by atoms with Crippen molar-refractivity contribution < 1.29 is 19.5 Å². The molecule has 0 bridgehead atoms. The molecule has 0 aromatic heterocycles. The number of amides is 2. The predicted molar refractivity (Wildman–Crippen MR) is 38.6 cm³/mol. The molecule has 1 aliphatic rings. The lowest BCUT2D eigenvalue weighted by atomic mass is 10.0. The van der Waals surface area contributed by atoms with Gasteiger partial charge in [0.1, 0.15) is 5.78 Å². The summed E-state index contributed by atoms with van der Waals surface area (Å²) in [5.74, 6) is -0.809. The monoisotopic (exact) mass is 171 g/mol. The van der Waals surface area contributed by atoms with Gasteiger partial charge in [-0.15, -0.1) is 0 Å². The van der Waals surface area contributed by atoms with Crippen LogP contribution in [0.2, 0.25) is 0 Å². The Hall–Kier alpha value is -1.39. The molecule has 0 spiro atoms. The van der Waals surface area contributed by atoms with Gasteiger partial charge in [-0.25, -0.2) is 9.69 Å². The van der Waals surface area contributed by atoms with Gasteiger partial charge in [0.2, 0.25) is 5.91 Å². The molecular weight excluding hydrogens is 162 g/mol. The highest BCUT2D eigenvalue weighted by Crippen LogP contribution is 2.14. The SMILES string of the molecule is CC1CC(=O)CC(=O)N1C(=O)O. The van der Waals surface area contributed by atoms with Gasteiger partial charge in [0, 0.05) is 12.5 Å². The minimum absolute atomic E-state index is 0.137. The van der Waals surface area contributed by atoms with E-state index in [1.54, 1.807) is 6.92 Å². The van der Waals surface area contributed by atoms with Gasteiger partial charge in [-0.2, -0.15) is 0 Å². The highest BCUT2D eigenvalue weighted by atomic mass is 16.4. The van der Waals surface area contributed by atoms with Crippen molar-refractivity contribution in [1.29, 1.82) is 0 Å². The molecule has 66 valence electrons. The Labute approximate surface area is 69.0 Å². The largest absolute Gasteiger partial charge is 0.465 e. The van der Waals surface area contributed by atoms with E-state index in [1.165, 1.54) is 0 Å². The molecule has 2 amide bonds. The van der Waals surface area contributed by atoms with E-state index in [4.69, 9.17) is 5.11 Å². The van der Waals surface area contributed by atoms with E-state index in [0.29, 0.717) is 4.90 Å². The number of hydrogen-bond acceptors (Lipinski definition) is 3. The second-order valence-corrected chi connectivity index (χ2v) is 2.81. The van der Waals surface area contributed by atoms with Crippen LogP contribution in [0.15, 0.2) is 0 Å². The zero-order valence-electron chi connectivity index (χ0n) is 6.61. The van der Waals surface area contributed by atoms with E-state index in [-0.39, 0.29) is 18.6 Å². The van der Waals surface area contributed by atoms with Gasteiger partial charge in [-0.1, -0.05) is 0 Å². The minimum atomic E-state index is -1.28. The van der Waals surface area contributed by atoms with Crippen LogP contribution in [0.25, 0.3) is 0 Å². The lowest BCUT2D eigenvalue weighted by molar-refractivity contribution is -0.139. The summed E-state index contributed by atoms with van der Waals surface area (Å²) in [4.78, 5) is 33.0. The van der Waals surface area contributed by atoms with Crippen LogP contribution < -0.4 is 0 Å². The molecule has 5 nitrogen and oxygen atoms in total. The number of carbonyl (C=O) groups is 3. The molecule has 1 aliphatic heterocycles. The van der Waals surface area contributed by atoms with Gasteiger partial charge in [0.25, 0.3) is 0 Å². The number of carbonyl (C=O) groups excluding carboxylic acids is 2. The van der Waals surface area contributed by atoms with E-state index >= 15 is 0 Å². The van der Waals surface area contributed by atoms with Crippen molar-refractivity contribution in [3.05, 3.63) is 0 Å². The lowest BCUT2D eigenvalue weighted by Crippen LogP contribution is -2.47. The van der Waals surface area contributed by atoms with Crippen molar-refractivity contribution in [1.82, 2.24) is 4.90 Å². The number of carboxylic acid groups (broad SMARTS) is 1. The Morgan fingerprint density at radius 1 is 1.58 bits per heavy atom. The molecule has 1 N–H and O–H groups in total. The first-order valence-corrected chi connectivity index (χ1v) is 3.59. The lowest BCUT2D eigenvalue weighted by Gasteiger charge is -2.27. The summed E-state index contributed by atoms with van der Waals surface area (Å²) >= 11 is 0. The standard InChI is InChI=1S/C7H9NO4/c1-4-2-5(9)3-6(10)8(4)7(11)12/h4H,2-3H2,1H3,(H,11,12). The third kappa shape index (κ3) is 1.44. The van der Waals surface area contributed by atoms with Gasteiger partial charge < -0.3 is 5.11 Å². The van der Waals surface area contributed by atoms with Crippen molar-refractivity contribution in [3.8, 4) is 0 Å². The first-order chi connectivity index (χ1) is 5.52. The first-order valence-electron chi connectivity index (χ1n) is 3.59. The zero-order chi connectivity index (χ0) is 9.30. The van der Waals surface area contributed by atoms with Crippen molar-refractivity contribution in [2.24, 2.45) is 0 Å². The normalized spacial score (nSPS) is 24.4. The second kappa shape index (κ2) is 2.92. The van der Waals surface area contributed by atoms with Gasteiger partial charge in [-0.3, -0.25) is 9.59 Å².